The fourth-order valence-electron chi connectivity index (χ4n) is 3.38. The molecule has 0 bridgehead atoms. The van der Waals surface area contributed by atoms with Gasteiger partial charge in [0.05, 0.1) is 31.6 Å². The molecule has 1 saturated heterocycles. The third-order valence-corrected chi connectivity index (χ3v) is 5.90. The normalized spacial score (nSPS) is 17.2. The van der Waals surface area contributed by atoms with Gasteiger partial charge in [0.1, 0.15) is 6.54 Å². The highest BCUT2D eigenvalue weighted by molar-refractivity contribution is 7.92. The molecule has 1 N–H and O–H groups in total. The van der Waals surface area contributed by atoms with Crippen LogP contribution in [-0.4, -0.2) is 82.5 Å². The van der Waals surface area contributed by atoms with Crippen LogP contribution >= 0.6 is 12.4 Å². The van der Waals surface area contributed by atoms with E-state index in [1.165, 1.54) is 9.21 Å². The van der Waals surface area contributed by atoms with Gasteiger partial charge in [0.2, 0.25) is 15.9 Å². The number of hydrogen-bond acceptors (Lipinski definition) is 6. The minimum Gasteiger partial charge on any atom is -0.480 e. The molecular weight excluding hydrogens is 410 g/mol. The Morgan fingerprint density at radius 1 is 1.29 bits per heavy atom. The van der Waals surface area contributed by atoms with E-state index >= 15 is 0 Å². The lowest BCUT2D eigenvalue weighted by molar-refractivity contribution is -0.136. The average Bonchev–Trinajstić information content (AvgIpc) is 2.89. The zero-order chi connectivity index (χ0) is 19.6. The average molecular weight is 434 g/mol. The molecule has 9 nitrogen and oxygen atoms in total. The number of ether oxygens (including phenoxy) is 1. The van der Waals surface area contributed by atoms with Crippen LogP contribution in [0, 0.1) is 0 Å². The van der Waals surface area contributed by atoms with Crippen LogP contribution in [0.25, 0.3) is 0 Å². The molecule has 0 aromatic heterocycles. The number of benzene rings is 1. The number of carbonyl (C=O) groups is 2. The van der Waals surface area contributed by atoms with E-state index in [2.05, 4.69) is 4.90 Å². The van der Waals surface area contributed by atoms with E-state index in [1.807, 2.05) is 0 Å². The number of sulfonamides is 1. The summed E-state index contributed by atoms with van der Waals surface area (Å²) in [5.74, 6) is -1.40. The summed E-state index contributed by atoms with van der Waals surface area (Å²) in [5, 5.41) is 8.97. The van der Waals surface area contributed by atoms with E-state index in [9.17, 15) is 18.0 Å². The third-order valence-electron chi connectivity index (χ3n) is 4.70. The van der Waals surface area contributed by atoms with Gasteiger partial charge in [-0.15, -0.1) is 12.4 Å². The Morgan fingerprint density at radius 2 is 1.96 bits per heavy atom. The van der Waals surface area contributed by atoms with E-state index in [0.717, 1.165) is 19.3 Å². The first-order valence-corrected chi connectivity index (χ1v) is 10.5. The number of carbonyl (C=O) groups excluding carboxylic acids is 1. The molecule has 2 heterocycles. The lowest BCUT2D eigenvalue weighted by Gasteiger charge is -2.30. The maximum atomic E-state index is 12.3. The topological polar surface area (TPSA) is 107 Å². The number of aliphatic carboxylic acids is 1. The highest BCUT2D eigenvalue weighted by atomic mass is 35.5. The second-order valence-corrected chi connectivity index (χ2v) is 8.56. The molecule has 156 valence electrons. The Balaban J connectivity index is 0.00000280. The van der Waals surface area contributed by atoms with Gasteiger partial charge in [0, 0.05) is 31.9 Å². The van der Waals surface area contributed by atoms with Crippen molar-refractivity contribution in [1.82, 2.24) is 4.90 Å². The molecule has 2 aliphatic rings. The Morgan fingerprint density at radius 3 is 2.57 bits per heavy atom. The van der Waals surface area contributed by atoms with E-state index in [1.54, 1.807) is 18.2 Å². The van der Waals surface area contributed by atoms with Gasteiger partial charge in [-0.2, -0.15) is 0 Å². The van der Waals surface area contributed by atoms with Crippen LogP contribution in [0.15, 0.2) is 18.2 Å². The van der Waals surface area contributed by atoms with Crippen molar-refractivity contribution >= 4 is 45.7 Å². The largest absolute Gasteiger partial charge is 0.480 e. The van der Waals surface area contributed by atoms with Crippen LogP contribution in [0.5, 0.6) is 0 Å². The van der Waals surface area contributed by atoms with Crippen LogP contribution in [0.4, 0.5) is 11.4 Å². The molecule has 28 heavy (non-hydrogen) atoms. The first kappa shape index (κ1) is 22.4. The van der Waals surface area contributed by atoms with Crippen molar-refractivity contribution in [3.63, 3.8) is 0 Å². The quantitative estimate of drug-likeness (QED) is 0.653. The number of nitrogens with zero attached hydrogens (tertiary/aromatic N) is 3. The summed E-state index contributed by atoms with van der Waals surface area (Å²) in [6, 6.07) is 4.90. The highest BCUT2D eigenvalue weighted by Crippen LogP contribution is 2.33. The van der Waals surface area contributed by atoms with Crippen molar-refractivity contribution in [3.8, 4) is 0 Å². The fourth-order valence-corrected chi connectivity index (χ4v) is 4.29. The first-order chi connectivity index (χ1) is 12.8. The summed E-state index contributed by atoms with van der Waals surface area (Å²) in [7, 11) is -3.50. The van der Waals surface area contributed by atoms with Crippen molar-refractivity contribution in [3.05, 3.63) is 23.8 Å². The smallest absolute Gasteiger partial charge is 0.323 e. The number of fused-ring (bicyclic) bond motifs is 1. The maximum Gasteiger partial charge on any atom is 0.323 e. The summed E-state index contributed by atoms with van der Waals surface area (Å²) in [4.78, 5) is 26.4. The standard InChI is InChI=1S/C17H23N3O6S.ClH/c1-27(24,25)20(5-4-18-6-8-26-9-7-18)14-2-3-15-13(10-14)11-16(21)19(15)12-17(22)23;/h2-3,10H,4-9,11-12H2,1H3,(H,22,23);1H. The van der Waals surface area contributed by atoms with Crippen molar-refractivity contribution in [2.45, 2.75) is 6.42 Å². The second-order valence-electron chi connectivity index (χ2n) is 6.65. The van der Waals surface area contributed by atoms with Gasteiger partial charge in [-0.1, -0.05) is 0 Å². The minimum absolute atomic E-state index is 0. The van der Waals surface area contributed by atoms with Crippen LogP contribution in [0.3, 0.4) is 0 Å². The van der Waals surface area contributed by atoms with E-state index in [0.29, 0.717) is 43.2 Å². The molecule has 3 rings (SSSR count). The number of carboxylic acids is 1. The van der Waals surface area contributed by atoms with Gasteiger partial charge in [-0.05, 0) is 23.8 Å². The number of anilines is 2. The predicted molar refractivity (Wildman–Crippen MR) is 107 cm³/mol. The summed E-state index contributed by atoms with van der Waals surface area (Å²) in [6.07, 6.45) is 1.22. The Bertz CT molecular complexity index is 841. The van der Waals surface area contributed by atoms with E-state index < -0.39 is 22.5 Å². The van der Waals surface area contributed by atoms with Gasteiger partial charge >= 0.3 is 5.97 Å². The van der Waals surface area contributed by atoms with Gasteiger partial charge in [-0.25, -0.2) is 8.42 Å². The zero-order valence-corrected chi connectivity index (χ0v) is 17.2. The van der Waals surface area contributed by atoms with Gasteiger partial charge in [0.15, 0.2) is 0 Å². The second kappa shape index (κ2) is 9.08. The predicted octanol–water partition coefficient (Wildman–Crippen LogP) is 0.180. The van der Waals surface area contributed by atoms with Crippen molar-refractivity contribution < 1.29 is 27.9 Å². The monoisotopic (exact) mass is 433 g/mol. The first-order valence-electron chi connectivity index (χ1n) is 8.68. The number of carboxylic acid groups (broad SMARTS) is 1. The van der Waals surface area contributed by atoms with E-state index in [-0.39, 0.29) is 24.7 Å². The lowest BCUT2D eigenvalue weighted by Crippen LogP contribution is -2.43. The molecule has 2 aliphatic heterocycles. The summed E-state index contributed by atoms with van der Waals surface area (Å²) in [6.45, 7) is 3.28. The molecule has 1 aromatic rings. The van der Waals surface area contributed by atoms with E-state index in [4.69, 9.17) is 9.84 Å². The SMILES string of the molecule is CS(=O)(=O)N(CCN1CCOCC1)c1ccc2c(c1)CC(=O)N2CC(=O)O.Cl. The molecule has 0 spiro atoms. The lowest BCUT2D eigenvalue weighted by atomic mass is 10.1. The van der Waals surface area contributed by atoms with Crippen molar-refractivity contribution in [2.24, 2.45) is 0 Å². The molecule has 0 radical (unpaired) electrons. The van der Waals surface area contributed by atoms with Crippen LogP contribution in [0.1, 0.15) is 5.56 Å². The molecule has 0 aliphatic carbocycles. The Kier molecular flexibility index (Phi) is 7.27. The molecule has 0 unspecified atom stereocenters. The summed E-state index contributed by atoms with van der Waals surface area (Å²) in [5.41, 5.74) is 1.64. The molecular formula is C17H24ClN3O6S. The van der Waals surface area contributed by atoms with Gasteiger partial charge in [0.25, 0.3) is 0 Å². The number of halogens is 1. The molecule has 11 heteroatoms. The number of amides is 1. The molecule has 0 saturated carbocycles. The van der Waals surface area contributed by atoms with Crippen LogP contribution in [-0.2, 0) is 30.8 Å². The van der Waals surface area contributed by atoms with Crippen LogP contribution in [0.2, 0.25) is 0 Å². The van der Waals surface area contributed by atoms with Gasteiger partial charge in [-0.3, -0.25) is 18.8 Å². The van der Waals surface area contributed by atoms with Gasteiger partial charge < -0.3 is 14.7 Å². The third kappa shape index (κ3) is 5.13. The van der Waals surface area contributed by atoms with Crippen molar-refractivity contribution in [1.29, 1.82) is 0 Å². The highest BCUT2D eigenvalue weighted by Gasteiger charge is 2.30. The molecule has 1 fully saturated rings. The zero-order valence-electron chi connectivity index (χ0n) is 15.5. The molecule has 1 aromatic carbocycles. The summed E-state index contributed by atoms with van der Waals surface area (Å²) >= 11 is 0. The summed E-state index contributed by atoms with van der Waals surface area (Å²) < 4.78 is 31.2. The van der Waals surface area contributed by atoms with Crippen molar-refractivity contribution in [2.75, 3.05) is 61.4 Å². The number of hydrogen-bond donors (Lipinski definition) is 1. The molecule has 0 atom stereocenters. The Labute approximate surface area is 170 Å². The molecule has 1 amide bonds. The maximum absolute atomic E-state index is 12.3. The number of rotatable bonds is 7. The number of morpholine rings is 1. The minimum atomic E-state index is -3.50. The van der Waals surface area contributed by atoms with Crippen LogP contribution < -0.4 is 9.21 Å². The fraction of sp³-hybridized carbons (Fsp3) is 0.529. The Hall–Kier alpha value is -1.88.